The van der Waals surface area contributed by atoms with E-state index in [0.717, 1.165) is 0 Å². The minimum atomic E-state index is -0.652. The Kier molecular flexibility index (Phi) is 6.67. The number of carbonyl (C=O) groups excluding carboxylic acids is 1. The normalized spacial score (nSPS) is 12.1. The molecule has 9 nitrogen and oxygen atoms in total. The van der Waals surface area contributed by atoms with Crippen molar-refractivity contribution >= 4 is 11.8 Å². The number of nitro groups is 1. The molecule has 0 aliphatic carbocycles. The number of para-hydroxylation sites is 1. The summed E-state index contributed by atoms with van der Waals surface area (Å²) in [4.78, 5) is 27.9. The van der Waals surface area contributed by atoms with Gasteiger partial charge in [-0.25, -0.2) is 9.48 Å². The summed E-state index contributed by atoms with van der Waals surface area (Å²) in [5.74, 6) is 0. The number of nitrogens with one attached hydrogen (secondary N) is 1. The van der Waals surface area contributed by atoms with Crippen LogP contribution in [0.4, 0.5) is 10.5 Å². The van der Waals surface area contributed by atoms with E-state index < -0.39 is 22.7 Å². The summed E-state index contributed by atoms with van der Waals surface area (Å²) in [7, 11) is 0. The van der Waals surface area contributed by atoms with Gasteiger partial charge >= 0.3 is 11.8 Å². The van der Waals surface area contributed by atoms with Crippen LogP contribution >= 0.6 is 0 Å². The van der Waals surface area contributed by atoms with Crippen molar-refractivity contribution in [2.24, 2.45) is 0 Å². The lowest BCUT2D eigenvalue weighted by Gasteiger charge is -2.23. The first-order chi connectivity index (χ1) is 15.2. The number of rotatable bonds is 7. The highest BCUT2D eigenvalue weighted by molar-refractivity contribution is 5.72. The predicted molar refractivity (Wildman–Crippen MR) is 120 cm³/mol. The third kappa shape index (κ3) is 5.37. The van der Waals surface area contributed by atoms with Gasteiger partial charge in [0.15, 0.2) is 5.69 Å². The molecular weight excluding hydrogens is 410 g/mol. The second-order valence-corrected chi connectivity index (χ2v) is 8.08. The Morgan fingerprint density at radius 1 is 1.31 bits per heavy atom. The SMILES string of the molecule is C=CCC(NC(=O)OC(C)(C)C)c1cc(-c2c([N+](=O)[O-])cnn2-c2ccccc2)ccn1. The molecule has 0 aliphatic heterocycles. The molecule has 0 spiro atoms. The number of alkyl carbamates (subject to hydrolysis) is 1. The number of aromatic nitrogens is 3. The Hall–Kier alpha value is -4.01. The molecule has 1 aromatic carbocycles. The van der Waals surface area contributed by atoms with Crippen molar-refractivity contribution in [3.63, 3.8) is 0 Å². The fraction of sp³-hybridized carbons (Fsp3) is 0.261. The van der Waals surface area contributed by atoms with Crippen LogP contribution in [-0.4, -0.2) is 31.4 Å². The van der Waals surface area contributed by atoms with Crippen molar-refractivity contribution in [2.45, 2.75) is 38.8 Å². The molecule has 9 heteroatoms. The number of hydrogen-bond acceptors (Lipinski definition) is 6. The first-order valence-electron chi connectivity index (χ1n) is 10.0. The van der Waals surface area contributed by atoms with Gasteiger partial charge < -0.3 is 10.1 Å². The third-order valence-corrected chi connectivity index (χ3v) is 4.45. The van der Waals surface area contributed by atoms with Crippen molar-refractivity contribution in [1.82, 2.24) is 20.1 Å². The number of amides is 1. The largest absolute Gasteiger partial charge is 0.444 e. The van der Waals surface area contributed by atoms with E-state index in [1.54, 1.807) is 45.2 Å². The summed E-state index contributed by atoms with van der Waals surface area (Å²) in [6.07, 6.45) is 4.24. The van der Waals surface area contributed by atoms with E-state index >= 15 is 0 Å². The molecule has 0 bridgehead atoms. The lowest BCUT2D eigenvalue weighted by molar-refractivity contribution is -0.384. The number of hydrogen-bond donors (Lipinski definition) is 1. The molecule has 1 atom stereocenters. The van der Waals surface area contributed by atoms with Crippen molar-refractivity contribution in [3.05, 3.63) is 83.3 Å². The molecule has 3 rings (SSSR count). The van der Waals surface area contributed by atoms with Crippen LogP contribution in [0, 0.1) is 10.1 Å². The first-order valence-corrected chi connectivity index (χ1v) is 10.0. The Morgan fingerprint density at radius 3 is 2.66 bits per heavy atom. The maximum absolute atomic E-state index is 12.3. The van der Waals surface area contributed by atoms with Crippen LogP contribution in [0.25, 0.3) is 16.9 Å². The van der Waals surface area contributed by atoms with Gasteiger partial charge in [-0.1, -0.05) is 24.3 Å². The van der Waals surface area contributed by atoms with Gasteiger partial charge in [0.05, 0.1) is 22.3 Å². The topological polar surface area (TPSA) is 112 Å². The zero-order chi connectivity index (χ0) is 23.3. The van der Waals surface area contributed by atoms with Crippen LogP contribution in [0.2, 0.25) is 0 Å². The highest BCUT2D eigenvalue weighted by Gasteiger charge is 2.25. The minimum absolute atomic E-state index is 0.133. The van der Waals surface area contributed by atoms with Crippen LogP contribution in [0.1, 0.15) is 38.9 Å². The minimum Gasteiger partial charge on any atom is -0.444 e. The van der Waals surface area contributed by atoms with Crippen LogP contribution in [0.15, 0.2) is 67.5 Å². The molecule has 2 heterocycles. The fourth-order valence-corrected chi connectivity index (χ4v) is 3.16. The molecule has 2 aromatic heterocycles. The number of benzene rings is 1. The summed E-state index contributed by atoms with van der Waals surface area (Å²) in [5, 5.41) is 18.7. The smallest absolute Gasteiger partial charge is 0.408 e. The van der Waals surface area contributed by atoms with E-state index in [2.05, 4.69) is 22.0 Å². The highest BCUT2D eigenvalue weighted by atomic mass is 16.6. The average molecular weight is 435 g/mol. The standard InChI is InChI=1S/C23H25N5O4/c1-5-9-18(26-22(29)32-23(2,3)4)19-14-16(12-13-24-19)21-20(28(30)31)15-25-27(21)17-10-7-6-8-11-17/h5-8,10-15,18H,1,9H2,2-4H3,(H,26,29). The lowest BCUT2D eigenvalue weighted by atomic mass is 10.1. The summed E-state index contributed by atoms with van der Waals surface area (Å²) < 4.78 is 6.87. The monoisotopic (exact) mass is 435 g/mol. The molecule has 1 amide bonds. The van der Waals surface area contributed by atoms with E-state index in [4.69, 9.17) is 4.74 Å². The number of ether oxygens (including phenoxy) is 1. The van der Waals surface area contributed by atoms with Crippen molar-refractivity contribution in [2.75, 3.05) is 0 Å². The van der Waals surface area contributed by atoms with Crippen LogP contribution in [-0.2, 0) is 4.74 Å². The molecule has 0 aliphatic rings. The Labute approximate surface area is 185 Å². The molecule has 3 aromatic rings. The van der Waals surface area contributed by atoms with Crippen LogP contribution in [0.3, 0.4) is 0 Å². The number of carbonyl (C=O) groups is 1. The first kappa shape index (κ1) is 22.7. The maximum atomic E-state index is 12.3. The molecule has 166 valence electrons. The quantitative estimate of drug-likeness (QED) is 0.318. The van der Waals surface area contributed by atoms with E-state index in [-0.39, 0.29) is 5.69 Å². The van der Waals surface area contributed by atoms with Gasteiger partial charge in [0.25, 0.3) is 0 Å². The summed E-state index contributed by atoms with van der Waals surface area (Å²) in [6, 6.07) is 12.0. The van der Waals surface area contributed by atoms with Crippen molar-refractivity contribution in [1.29, 1.82) is 0 Å². The van der Waals surface area contributed by atoms with E-state index in [9.17, 15) is 14.9 Å². The summed E-state index contributed by atoms with van der Waals surface area (Å²) in [6.45, 7) is 9.07. The van der Waals surface area contributed by atoms with E-state index in [1.807, 2.05) is 30.3 Å². The number of pyridine rings is 1. The maximum Gasteiger partial charge on any atom is 0.408 e. The van der Waals surface area contributed by atoms with Gasteiger partial charge in [-0.05, 0) is 51.5 Å². The second-order valence-electron chi connectivity index (χ2n) is 8.08. The Bertz CT molecular complexity index is 1120. The average Bonchev–Trinajstić information content (AvgIpc) is 3.18. The van der Waals surface area contributed by atoms with Gasteiger partial charge in [-0.3, -0.25) is 15.1 Å². The highest BCUT2D eigenvalue weighted by Crippen LogP contribution is 2.33. The summed E-state index contributed by atoms with van der Waals surface area (Å²) >= 11 is 0. The predicted octanol–water partition coefficient (Wildman–Crippen LogP) is 4.98. The molecule has 0 radical (unpaired) electrons. The fourth-order valence-electron chi connectivity index (χ4n) is 3.16. The molecule has 0 saturated carbocycles. The molecule has 1 unspecified atom stereocenters. The van der Waals surface area contributed by atoms with E-state index in [0.29, 0.717) is 29.1 Å². The summed E-state index contributed by atoms with van der Waals surface area (Å²) in [5.41, 5.74) is 1.28. The molecule has 1 N–H and O–H groups in total. The van der Waals surface area contributed by atoms with Gasteiger partial charge in [0, 0.05) is 11.8 Å². The Morgan fingerprint density at radius 2 is 2.03 bits per heavy atom. The number of nitrogens with zero attached hydrogens (tertiary/aromatic N) is 4. The van der Waals surface area contributed by atoms with Crippen molar-refractivity contribution < 1.29 is 14.5 Å². The zero-order valence-corrected chi connectivity index (χ0v) is 18.2. The van der Waals surface area contributed by atoms with Gasteiger partial charge in [-0.15, -0.1) is 6.58 Å². The molecular formula is C23H25N5O4. The molecule has 32 heavy (non-hydrogen) atoms. The molecule has 0 saturated heterocycles. The van der Waals surface area contributed by atoms with Gasteiger partial charge in [0.2, 0.25) is 0 Å². The van der Waals surface area contributed by atoms with Crippen LogP contribution in [0.5, 0.6) is 0 Å². The Balaban J connectivity index is 2.03. The van der Waals surface area contributed by atoms with E-state index in [1.165, 1.54) is 10.9 Å². The van der Waals surface area contributed by atoms with Crippen molar-refractivity contribution in [3.8, 4) is 16.9 Å². The molecule has 0 fully saturated rings. The second kappa shape index (κ2) is 9.42. The third-order valence-electron chi connectivity index (χ3n) is 4.45. The van der Waals surface area contributed by atoms with Gasteiger partial charge in [-0.2, -0.15) is 5.10 Å². The van der Waals surface area contributed by atoms with Gasteiger partial charge in [0.1, 0.15) is 11.8 Å². The lowest BCUT2D eigenvalue weighted by Crippen LogP contribution is -2.35. The zero-order valence-electron chi connectivity index (χ0n) is 18.2. The van der Waals surface area contributed by atoms with Crippen LogP contribution < -0.4 is 5.32 Å².